The van der Waals surface area contributed by atoms with Crippen LogP contribution in [0.5, 0.6) is 0 Å². The molecular weight excluding hydrogens is 282 g/mol. The highest BCUT2D eigenvalue weighted by atomic mass is 16.3. The Kier molecular flexibility index (Phi) is 5.07. The first-order valence-electron chi connectivity index (χ1n) is 7.96. The van der Waals surface area contributed by atoms with Crippen LogP contribution in [0.25, 0.3) is 0 Å². The van der Waals surface area contributed by atoms with Crippen LogP contribution in [0.1, 0.15) is 23.7 Å². The number of hydrogen-bond donors (Lipinski definition) is 2. The number of para-hydroxylation sites is 2. The Labute approximate surface area is 137 Å². The van der Waals surface area contributed by atoms with E-state index >= 15 is 0 Å². The third-order valence-corrected chi connectivity index (χ3v) is 3.94. The number of nitrogens with one attached hydrogen (secondary N) is 1. The van der Waals surface area contributed by atoms with Crippen LogP contribution in [0.4, 0.5) is 11.4 Å². The zero-order valence-electron chi connectivity index (χ0n) is 13.0. The molecule has 0 spiro atoms. The summed E-state index contributed by atoms with van der Waals surface area (Å²) < 4.78 is 0. The Morgan fingerprint density at radius 1 is 0.739 bits per heavy atom. The van der Waals surface area contributed by atoms with Gasteiger partial charge in [-0.2, -0.15) is 0 Å². The summed E-state index contributed by atoms with van der Waals surface area (Å²) in [6.45, 7) is 0. The van der Waals surface area contributed by atoms with Crippen LogP contribution in [0.2, 0.25) is 0 Å². The van der Waals surface area contributed by atoms with Gasteiger partial charge in [-0.3, -0.25) is 0 Å². The molecular formula is C21H21NO. The zero-order valence-corrected chi connectivity index (χ0v) is 13.0. The van der Waals surface area contributed by atoms with E-state index in [1.165, 1.54) is 5.56 Å². The summed E-state index contributed by atoms with van der Waals surface area (Å²) in [5.41, 5.74) is 4.36. The molecule has 2 nitrogen and oxygen atoms in total. The first-order valence-corrected chi connectivity index (χ1v) is 7.96. The van der Waals surface area contributed by atoms with Crippen molar-refractivity contribution in [3.05, 3.63) is 96.1 Å². The monoisotopic (exact) mass is 303 g/mol. The largest absolute Gasteiger partial charge is 0.388 e. The standard InChI is InChI=1S/C21H21NO/c23-21(18-10-3-1-4-11-18)16-15-17-9-7-8-14-20(17)22-19-12-5-2-6-13-19/h1-14,21-23H,15-16H2. The van der Waals surface area contributed by atoms with Gasteiger partial charge in [-0.05, 0) is 42.2 Å². The summed E-state index contributed by atoms with van der Waals surface area (Å²) >= 11 is 0. The zero-order chi connectivity index (χ0) is 15.9. The summed E-state index contributed by atoms with van der Waals surface area (Å²) in [5, 5.41) is 13.8. The number of benzene rings is 3. The average molecular weight is 303 g/mol. The summed E-state index contributed by atoms with van der Waals surface area (Å²) in [6, 6.07) is 28.2. The SMILES string of the molecule is OC(CCc1ccccc1Nc1ccccc1)c1ccccc1. The molecule has 0 amide bonds. The molecule has 3 aromatic carbocycles. The van der Waals surface area contributed by atoms with E-state index in [2.05, 4.69) is 29.6 Å². The number of rotatable bonds is 6. The lowest BCUT2D eigenvalue weighted by molar-refractivity contribution is 0.168. The van der Waals surface area contributed by atoms with Gasteiger partial charge in [0, 0.05) is 11.4 Å². The van der Waals surface area contributed by atoms with E-state index in [1.807, 2.05) is 60.7 Å². The molecule has 1 atom stereocenters. The number of hydrogen-bond acceptors (Lipinski definition) is 2. The van der Waals surface area contributed by atoms with Crippen molar-refractivity contribution in [2.24, 2.45) is 0 Å². The highest BCUT2D eigenvalue weighted by Gasteiger charge is 2.09. The number of aliphatic hydroxyl groups excluding tert-OH is 1. The molecule has 0 saturated heterocycles. The van der Waals surface area contributed by atoms with Crippen molar-refractivity contribution >= 4 is 11.4 Å². The molecule has 2 N–H and O–H groups in total. The third-order valence-electron chi connectivity index (χ3n) is 3.94. The molecule has 0 aliphatic rings. The van der Waals surface area contributed by atoms with Gasteiger partial charge in [-0.15, -0.1) is 0 Å². The van der Waals surface area contributed by atoms with E-state index in [-0.39, 0.29) is 0 Å². The van der Waals surface area contributed by atoms with Crippen LogP contribution >= 0.6 is 0 Å². The van der Waals surface area contributed by atoms with Crippen LogP contribution in [0.3, 0.4) is 0 Å². The topological polar surface area (TPSA) is 32.3 Å². The summed E-state index contributed by atoms with van der Waals surface area (Å²) in [7, 11) is 0. The smallest absolute Gasteiger partial charge is 0.0793 e. The molecule has 0 aromatic heterocycles. The van der Waals surface area contributed by atoms with Crippen molar-refractivity contribution in [3.63, 3.8) is 0 Å². The van der Waals surface area contributed by atoms with Crippen molar-refractivity contribution < 1.29 is 5.11 Å². The van der Waals surface area contributed by atoms with E-state index in [0.29, 0.717) is 6.42 Å². The molecule has 3 aromatic rings. The van der Waals surface area contributed by atoms with Gasteiger partial charge in [0.15, 0.2) is 0 Å². The Bertz CT molecular complexity index is 725. The highest BCUT2D eigenvalue weighted by Crippen LogP contribution is 2.25. The van der Waals surface area contributed by atoms with Crippen molar-refractivity contribution in [2.75, 3.05) is 5.32 Å². The van der Waals surface area contributed by atoms with Crippen LogP contribution in [0, 0.1) is 0 Å². The molecule has 116 valence electrons. The minimum Gasteiger partial charge on any atom is -0.388 e. The molecule has 0 bridgehead atoms. The average Bonchev–Trinajstić information content (AvgIpc) is 2.62. The van der Waals surface area contributed by atoms with E-state index in [0.717, 1.165) is 23.4 Å². The minimum absolute atomic E-state index is 0.430. The van der Waals surface area contributed by atoms with Crippen LogP contribution in [-0.4, -0.2) is 5.11 Å². The molecule has 0 aliphatic carbocycles. The van der Waals surface area contributed by atoms with E-state index in [1.54, 1.807) is 0 Å². The second kappa shape index (κ2) is 7.61. The van der Waals surface area contributed by atoms with Crippen molar-refractivity contribution in [3.8, 4) is 0 Å². The molecule has 2 heteroatoms. The lowest BCUT2D eigenvalue weighted by Gasteiger charge is -2.14. The van der Waals surface area contributed by atoms with Gasteiger partial charge in [0.1, 0.15) is 0 Å². The van der Waals surface area contributed by atoms with Gasteiger partial charge >= 0.3 is 0 Å². The molecule has 0 heterocycles. The Morgan fingerprint density at radius 2 is 1.35 bits per heavy atom. The number of aliphatic hydroxyl groups is 1. The molecule has 23 heavy (non-hydrogen) atoms. The lowest BCUT2D eigenvalue weighted by atomic mass is 10.0. The second-order valence-electron chi connectivity index (χ2n) is 5.61. The Morgan fingerprint density at radius 3 is 2.09 bits per heavy atom. The maximum absolute atomic E-state index is 10.3. The van der Waals surface area contributed by atoms with Crippen LogP contribution in [0.15, 0.2) is 84.9 Å². The predicted octanol–water partition coefficient (Wildman–Crippen LogP) is 5.10. The second-order valence-corrected chi connectivity index (χ2v) is 5.61. The fourth-order valence-electron chi connectivity index (χ4n) is 2.67. The van der Waals surface area contributed by atoms with Crippen molar-refractivity contribution in [1.29, 1.82) is 0 Å². The van der Waals surface area contributed by atoms with Crippen LogP contribution in [-0.2, 0) is 6.42 Å². The van der Waals surface area contributed by atoms with Gasteiger partial charge in [-0.1, -0.05) is 66.7 Å². The van der Waals surface area contributed by atoms with E-state index < -0.39 is 6.10 Å². The number of anilines is 2. The molecule has 0 fully saturated rings. The maximum atomic E-state index is 10.3. The fraction of sp³-hybridized carbons (Fsp3) is 0.143. The molecule has 3 rings (SSSR count). The number of aryl methyl sites for hydroxylation is 1. The van der Waals surface area contributed by atoms with Crippen molar-refractivity contribution in [1.82, 2.24) is 0 Å². The van der Waals surface area contributed by atoms with Gasteiger partial charge < -0.3 is 10.4 Å². The van der Waals surface area contributed by atoms with Gasteiger partial charge in [0.2, 0.25) is 0 Å². The molecule has 0 radical (unpaired) electrons. The third kappa shape index (κ3) is 4.21. The summed E-state index contributed by atoms with van der Waals surface area (Å²) in [6.07, 6.45) is 1.10. The Balaban J connectivity index is 1.68. The first kappa shape index (κ1) is 15.3. The van der Waals surface area contributed by atoms with Crippen molar-refractivity contribution in [2.45, 2.75) is 18.9 Å². The van der Waals surface area contributed by atoms with Crippen LogP contribution < -0.4 is 5.32 Å². The van der Waals surface area contributed by atoms with Gasteiger partial charge in [0.05, 0.1) is 6.10 Å². The summed E-state index contributed by atoms with van der Waals surface area (Å²) in [4.78, 5) is 0. The minimum atomic E-state index is -0.430. The first-order chi connectivity index (χ1) is 11.3. The van der Waals surface area contributed by atoms with E-state index in [9.17, 15) is 5.11 Å². The normalized spacial score (nSPS) is 11.9. The molecule has 1 unspecified atom stereocenters. The van der Waals surface area contributed by atoms with E-state index in [4.69, 9.17) is 0 Å². The predicted molar refractivity (Wildman–Crippen MR) is 95.9 cm³/mol. The molecule has 0 aliphatic heterocycles. The van der Waals surface area contributed by atoms with Gasteiger partial charge in [0.25, 0.3) is 0 Å². The van der Waals surface area contributed by atoms with Gasteiger partial charge in [-0.25, -0.2) is 0 Å². The quantitative estimate of drug-likeness (QED) is 0.664. The highest BCUT2D eigenvalue weighted by molar-refractivity contribution is 5.63. The Hall–Kier alpha value is -2.58. The maximum Gasteiger partial charge on any atom is 0.0793 e. The summed E-state index contributed by atoms with van der Waals surface area (Å²) in [5.74, 6) is 0. The molecule has 0 saturated carbocycles. The lowest BCUT2D eigenvalue weighted by Crippen LogP contribution is -2.01. The fourth-order valence-corrected chi connectivity index (χ4v) is 2.67.